The molecule has 0 bridgehead atoms. The second-order valence-electron chi connectivity index (χ2n) is 4.80. The first-order valence-electron chi connectivity index (χ1n) is 6.25. The minimum atomic E-state index is -0.378. The molecule has 3 rings (SSSR count). The molecule has 0 radical (unpaired) electrons. The van der Waals surface area contributed by atoms with Gasteiger partial charge in [-0.15, -0.1) is 0 Å². The Kier molecular flexibility index (Phi) is 2.63. The highest BCUT2D eigenvalue weighted by molar-refractivity contribution is 5.93. The molecule has 0 aromatic heterocycles. The lowest BCUT2D eigenvalue weighted by Crippen LogP contribution is -2.10. The molecule has 1 fully saturated rings. The first-order chi connectivity index (χ1) is 8.75. The summed E-state index contributed by atoms with van der Waals surface area (Å²) in [5.41, 5.74) is 9.66. The van der Waals surface area contributed by atoms with E-state index in [1.165, 1.54) is 24.0 Å². The van der Waals surface area contributed by atoms with E-state index >= 15 is 0 Å². The van der Waals surface area contributed by atoms with Gasteiger partial charge in [-0.25, -0.2) is 0 Å². The van der Waals surface area contributed by atoms with Crippen molar-refractivity contribution in [2.75, 3.05) is 0 Å². The van der Waals surface area contributed by atoms with Gasteiger partial charge in [-0.2, -0.15) is 0 Å². The Balaban J connectivity index is 2.01. The molecule has 1 aliphatic rings. The zero-order valence-corrected chi connectivity index (χ0v) is 10.1. The van der Waals surface area contributed by atoms with Gasteiger partial charge in [0, 0.05) is 5.56 Å². The fourth-order valence-corrected chi connectivity index (χ4v) is 2.32. The monoisotopic (exact) mass is 237 g/mol. The maximum absolute atomic E-state index is 11.1. The van der Waals surface area contributed by atoms with Crippen molar-refractivity contribution in [2.45, 2.75) is 18.8 Å². The van der Waals surface area contributed by atoms with Gasteiger partial charge in [-0.05, 0) is 47.6 Å². The zero-order chi connectivity index (χ0) is 12.5. The summed E-state index contributed by atoms with van der Waals surface area (Å²) in [6, 6.07) is 16.0. The van der Waals surface area contributed by atoms with Crippen molar-refractivity contribution in [3.05, 3.63) is 59.7 Å². The van der Waals surface area contributed by atoms with Crippen molar-refractivity contribution < 1.29 is 4.79 Å². The Morgan fingerprint density at radius 3 is 2.28 bits per heavy atom. The lowest BCUT2D eigenvalue weighted by atomic mass is 9.96. The smallest absolute Gasteiger partial charge is 0.248 e. The largest absolute Gasteiger partial charge is 0.366 e. The van der Waals surface area contributed by atoms with Crippen molar-refractivity contribution in [3.63, 3.8) is 0 Å². The van der Waals surface area contributed by atoms with E-state index in [0.717, 1.165) is 11.5 Å². The fraction of sp³-hybridized carbons (Fsp3) is 0.188. The average Bonchev–Trinajstić information content (AvgIpc) is 3.23. The van der Waals surface area contributed by atoms with E-state index in [9.17, 15) is 4.79 Å². The molecule has 2 aromatic rings. The Labute approximate surface area is 106 Å². The molecule has 18 heavy (non-hydrogen) atoms. The Bertz CT molecular complexity index is 582. The third-order valence-corrected chi connectivity index (χ3v) is 3.46. The lowest BCUT2D eigenvalue weighted by molar-refractivity contribution is 0.100. The van der Waals surface area contributed by atoms with Crippen LogP contribution < -0.4 is 5.73 Å². The van der Waals surface area contributed by atoms with Crippen LogP contribution in [-0.2, 0) is 0 Å². The van der Waals surface area contributed by atoms with E-state index in [4.69, 9.17) is 5.73 Å². The van der Waals surface area contributed by atoms with E-state index in [1.54, 1.807) is 12.1 Å². The van der Waals surface area contributed by atoms with Crippen LogP contribution in [-0.4, -0.2) is 5.91 Å². The van der Waals surface area contributed by atoms with Gasteiger partial charge in [-0.1, -0.05) is 36.4 Å². The fourth-order valence-electron chi connectivity index (χ4n) is 2.32. The van der Waals surface area contributed by atoms with Crippen LogP contribution in [0, 0.1) is 0 Å². The van der Waals surface area contributed by atoms with Gasteiger partial charge < -0.3 is 5.73 Å². The molecule has 2 N–H and O–H groups in total. The second-order valence-corrected chi connectivity index (χ2v) is 4.80. The summed E-state index contributed by atoms with van der Waals surface area (Å²) < 4.78 is 0. The molecule has 0 heterocycles. The predicted octanol–water partition coefficient (Wildman–Crippen LogP) is 3.33. The summed E-state index contributed by atoms with van der Waals surface area (Å²) in [4.78, 5) is 11.1. The number of nitrogens with two attached hydrogens (primary N) is 1. The molecule has 2 aromatic carbocycles. The SMILES string of the molecule is NC(=O)c1ccc(-c2ccccc2C2CC2)cc1. The molecular weight excluding hydrogens is 222 g/mol. The molecule has 0 aliphatic heterocycles. The Morgan fingerprint density at radius 2 is 1.67 bits per heavy atom. The van der Waals surface area contributed by atoms with Gasteiger partial charge in [0.15, 0.2) is 0 Å². The van der Waals surface area contributed by atoms with Crippen molar-refractivity contribution >= 4 is 5.91 Å². The molecular formula is C16H15NO. The first-order valence-corrected chi connectivity index (χ1v) is 6.25. The molecule has 90 valence electrons. The Morgan fingerprint density at radius 1 is 1.00 bits per heavy atom. The standard InChI is InChI=1S/C16H15NO/c17-16(18)13-9-7-12(8-10-13)15-4-2-1-3-14(15)11-5-6-11/h1-4,7-11H,5-6H2,(H2,17,18). The van der Waals surface area contributed by atoms with Gasteiger partial charge in [0.05, 0.1) is 0 Å². The molecule has 0 atom stereocenters. The highest BCUT2D eigenvalue weighted by Gasteiger charge is 2.25. The van der Waals surface area contributed by atoms with E-state index in [-0.39, 0.29) is 5.91 Å². The average molecular weight is 237 g/mol. The van der Waals surface area contributed by atoms with Crippen LogP contribution in [0.25, 0.3) is 11.1 Å². The minimum Gasteiger partial charge on any atom is -0.366 e. The molecule has 1 amide bonds. The first kappa shape index (κ1) is 11.0. The van der Waals surface area contributed by atoms with Crippen molar-refractivity contribution in [2.24, 2.45) is 5.73 Å². The molecule has 0 saturated heterocycles. The number of benzene rings is 2. The minimum absolute atomic E-state index is 0.378. The number of hydrogen-bond donors (Lipinski definition) is 1. The van der Waals surface area contributed by atoms with Crippen LogP contribution >= 0.6 is 0 Å². The lowest BCUT2D eigenvalue weighted by Gasteiger charge is -2.09. The number of carbonyl (C=O) groups excluding carboxylic acids is 1. The van der Waals surface area contributed by atoms with Crippen molar-refractivity contribution in [1.29, 1.82) is 0 Å². The molecule has 0 spiro atoms. The maximum Gasteiger partial charge on any atom is 0.248 e. The maximum atomic E-state index is 11.1. The third-order valence-electron chi connectivity index (χ3n) is 3.46. The van der Waals surface area contributed by atoms with Gasteiger partial charge in [0.1, 0.15) is 0 Å². The van der Waals surface area contributed by atoms with Crippen molar-refractivity contribution in [1.82, 2.24) is 0 Å². The topological polar surface area (TPSA) is 43.1 Å². The molecule has 1 aliphatic carbocycles. The van der Waals surface area contributed by atoms with Crippen LogP contribution in [0.4, 0.5) is 0 Å². The zero-order valence-electron chi connectivity index (χ0n) is 10.1. The van der Waals surface area contributed by atoms with E-state index < -0.39 is 0 Å². The molecule has 2 nitrogen and oxygen atoms in total. The molecule has 1 saturated carbocycles. The normalized spacial score (nSPS) is 14.4. The van der Waals surface area contributed by atoms with E-state index in [1.807, 2.05) is 12.1 Å². The number of hydrogen-bond acceptors (Lipinski definition) is 1. The molecule has 2 heteroatoms. The summed E-state index contributed by atoms with van der Waals surface area (Å²) >= 11 is 0. The second kappa shape index (κ2) is 4.30. The predicted molar refractivity (Wildman–Crippen MR) is 72.4 cm³/mol. The summed E-state index contributed by atoms with van der Waals surface area (Å²) in [7, 11) is 0. The number of primary amides is 1. The molecule has 0 unspecified atom stereocenters. The van der Waals surface area contributed by atoms with Gasteiger partial charge >= 0.3 is 0 Å². The van der Waals surface area contributed by atoms with Crippen LogP contribution in [0.2, 0.25) is 0 Å². The van der Waals surface area contributed by atoms with Gasteiger partial charge in [-0.3, -0.25) is 4.79 Å². The van der Waals surface area contributed by atoms with E-state index in [0.29, 0.717) is 5.56 Å². The summed E-state index contributed by atoms with van der Waals surface area (Å²) in [6.45, 7) is 0. The summed E-state index contributed by atoms with van der Waals surface area (Å²) in [6.07, 6.45) is 2.58. The summed E-state index contributed by atoms with van der Waals surface area (Å²) in [5.74, 6) is 0.342. The number of carbonyl (C=O) groups is 1. The van der Waals surface area contributed by atoms with Crippen LogP contribution in [0.1, 0.15) is 34.7 Å². The van der Waals surface area contributed by atoms with Crippen LogP contribution in [0.15, 0.2) is 48.5 Å². The number of rotatable bonds is 3. The summed E-state index contributed by atoms with van der Waals surface area (Å²) in [5, 5.41) is 0. The quantitative estimate of drug-likeness (QED) is 0.874. The van der Waals surface area contributed by atoms with Gasteiger partial charge in [0.25, 0.3) is 0 Å². The third kappa shape index (κ3) is 2.02. The van der Waals surface area contributed by atoms with Gasteiger partial charge in [0.2, 0.25) is 5.91 Å². The highest BCUT2D eigenvalue weighted by Crippen LogP contribution is 2.44. The van der Waals surface area contributed by atoms with Crippen LogP contribution in [0.5, 0.6) is 0 Å². The van der Waals surface area contributed by atoms with Crippen molar-refractivity contribution in [3.8, 4) is 11.1 Å². The van der Waals surface area contributed by atoms with Crippen LogP contribution in [0.3, 0.4) is 0 Å². The Hall–Kier alpha value is -2.09. The highest BCUT2D eigenvalue weighted by atomic mass is 16.1. The number of amides is 1. The van der Waals surface area contributed by atoms with E-state index in [2.05, 4.69) is 24.3 Å².